The zero-order valence-corrected chi connectivity index (χ0v) is 10.7. The van der Waals surface area contributed by atoms with Crippen molar-refractivity contribution in [1.29, 1.82) is 0 Å². The van der Waals surface area contributed by atoms with Crippen LogP contribution < -0.4 is 10.5 Å². The lowest BCUT2D eigenvalue weighted by Crippen LogP contribution is -2.13. The number of hydrogen-bond donors (Lipinski definition) is 2. The van der Waals surface area contributed by atoms with Crippen molar-refractivity contribution in [1.82, 2.24) is 15.4 Å². The number of nitrogens with zero attached hydrogens (tertiary/aromatic N) is 2. The van der Waals surface area contributed by atoms with Crippen LogP contribution in [0.2, 0.25) is 10.0 Å². The molecule has 6 nitrogen and oxygen atoms in total. The van der Waals surface area contributed by atoms with Crippen LogP contribution in [-0.2, 0) is 0 Å². The van der Waals surface area contributed by atoms with E-state index < -0.39 is 5.91 Å². The van der Waals surface area contributed by atoms with E-state index in [-0.39, 0.29) is 16.4 Å². The largest absolute Gasteiger partial charge is 0.496 e. The van der Waals surface area contributed by atoms with Gasteiger partial charge in [-0.2, -0.15) is 15.4 Å². The molecule has 8 heteroatoms. The molecule has 0 spiro atoms. The molecule has 0 atom stereocenters. The second-order valence-electron chi connectivity index (χ2n) is 3.35. The number of methoxy groups -OCH3 is 1. The van der Waals surface area contributed by atoms with Gasteiger partial charge >= 0.3 is 0 Å². The van der Waals surface area contributed by atoms with Gasteiger partial charge in [0.05, 0.1) is 17.7 Å². The van der Waals surface area contributed by atoms with Crippen molar-refractivity contribution >= 4 is 29.1 Å². The van der Waals surface area contributed by atoms with Crippen molar-refractivity contribution in [2.24, 2.45) is 5.73 Å². The van der Waals surface area contributed by atoms with Gasteiger partial charge in [0.25, 0.3) is 5.91 Å². The van der Waals surface area contributed by atoms with E-state index in [1.807, 2.05) is 0 Å². The Balaban J connectivity index is 2.70. The summed E-state index contributed by atoms with van der Waals surface area (Å²) in [4.78, 5) is 11.2. The first-order valence-corrected chi connectivity index (χ1v) is 5.54. The van der Waals surface area contributed by atoms with Crippen LogP contribution in [0, 0.1) is 0 Å². The van der Waals surface area contributed by atoms with Gasteiger partial charge < -0.3 is 10.5 Å². The molecular weight excluding hydrogens is 279 g/mol. The van der Waals surface area contributed by atoms with Crippen LogP contribution in [0.15, 0.2) is 12.1 Å². The summed E-state index contributed by atoms with van der Waals surface area (Å²) in [5.41, 5.74) is 5.81. The number of halogens is 2. The molecule has 1 amide bonds. The van der Waals surface area contributed by atoms with Crippen molar-refractivity contribution in [3.8, 4) is 17.0 Å². The number of nitrogens with two attached hydrogens (primary N) is 1. The third kappa shape index (κ3) is 2.12. The Morgan fingerprint density at radius 3 is 2.72 bits per heavy atom. The van der Waals surface area contributed by atoms with Crippen molar-refractivity contribution in [3.05, 3.63) is 27.9 Å². The molecule has 1 aromatic heterocycles. The van der Waals surface area contributed by atoms with Crippen molar-refractivity contribution < 1.29 is 9.53 Å². The lowest BCUT2D eigenvalue weighted by molar-refractivity contribution is 0.0996. The van der Waals surface area contributed by atoms with Crippen LogP contribution in [0.25, 0.3) is 11.3 Å². The number of aromatic amines is 1. The number of benzene rings is 1. The molecule has 2 aromatic rings. The molecule has 0 aliphatic carbocycles. The van der Waals surface area contributed by atoms with E-state index >= 15 is 0 Å². The molecule has 1 heterocycles. The Hall–Kier alpha value is -1.79. The van der Waals surface area contributed by atoms with Gasteiger partial charge in [-0.05, 0) is 12.1 Å². The van der Waals surface area contributed by atoms with E-state index in [2.05, 4.69) is 15.4 Å². The molecular formula is C10H8Cl2N4O2. The average molecular weight is 287 g/mol. The molecule has 0 saturated carbocycles. The van der Waals surface area contributed by atoms with Crippen molar-refractivity contribution in [2.45, 2.75) is 0 Å². The fourth-order valence-corrected chi connectivity index (χ4v) is 2.08. The third-order valence-electron chi connectivity index (χ3n) is 2.26. The van der Waals surface area contributed by atoms with E-state index in [0.29, 0.717) is 16.3 Å². The quantitative estimate of drug-likeness (QED) is 0.901. The molecule has 1 aromatic carbocycles. The first kappa shape index (κ1) is 12.7. The average Bonchev–Trinajstić information content (AvgIpc) is 2.76. The number of hydrogen-bond acceptors (Lipinski definition) is 4. The number of amides is 1. The first-order chi connectivity index (χ1) is 8.54. The van der Waals surface area contributed by atoms with Gasteiger partial charge in [-0.15, -0.1) is 0 Å². The Kier molecular flexibility index (Phi) is 3.40. The fraction of sp³-hybridized carbons (Fsp3) is 0.100. The summed E-state index contributed by atoms with van der Waals surface area (Å²) in [7, 11) is 1.45. The predicted octanol–water partition coefficient (Wildman–Crippen LogP) is 1.89. The molecule has 0 fully saturated rings. The molecule has 0 aliphatic rings. The third-order valence-corrected chi connectivity index (χ3v) is 2.77. The highest BCUT2D eigenvalue weighted by atomic mass is 35.5. The highest BCUT2D eigenvalue weighted by molar-refractivity contribution is 6.37. The Labute approximate surface area is 112 Å². The Bertz CT molecular complexity index is 612. The minimum atomic E-state index is -0.716. The minimum Gasteiger partial charge on any atom is -0.496 e. The van der Waals surface area contributed by atoms with E-state index in [4.69, 9.17) is 33.7 Å². The van der Waals surface area contributed by atoms with E-state index in [1.165, 1.54) is 13.2 Å². The number of aromatic nitrogens is 3. The summed E-state index contributed by atoms with van der Waals surface area (Å²) in [5.74, 6) is -0.337. The number of primary amides is 1. The smallest absolute Gasteiger partial charge is 0.271 e. The van der Waals surface area contributed by atoms with Crippen LogP contribution in [-0.4, -0.2) is 28.4 Å². The van der Waals surface area contributed by atoms with Gasteiger partial charge in [0, 0.05) is 5.02 Å². The molecule has 0 bridgehead atoms. The molecule has 2 rings (SSSR count). The van der Waals surface area contributed by atoms with Crippen molar-refractivity contribution in [2.75, 3.05) is 7.11 Å². The number of carbonyl (C=O) groups excluding carboxylic acids is 1. The summed E-state index contributed by atoms with van der Waals surface area (Å²) in [6.07, 6.45) is 0. The number of nitrogens with one attached hydrogen (secondary N) is 1. The fourth-order valence-electron chi connectivity index (χ4n) is 1.52. The summed E-state index contributed by atoms with van der Waals surface area (Å²) in [6, 6.07) is 3.07. The van der Waals surface area contributed by atoms with Gasteiger partial charge in [-0.3, -0.25) is 4.79 Å². The monoisotopic (exact) mass is 286 g/mol. The van der Waals surface area contributed by atoms with Crippen LogP contribution in [0.1, 0.15) is 10.5 Å². The molecule has 3 N–H and O–H groups in total. The minimum absolute atomic E-state index is 0.0162. The summed E-state index contributed by atoms with van der Waals surface area (Å²) >= 11 is 11.9. The standard InChI is InChI=1S/C10H8Cl2N4O2/c1-18-6-3-4(11)2-5(12)7(6)8-9(10(13)17)15-16-14-8/h2-3H,1H3,(H2,13,17)(H,14,15,16). The van der Waals surface area contributed by atoms with Gasteiger partial charge in [0.1, 0.15) is 11.4 Å². The highest BCUT2D eigenvalue weighted by Crippen LogP contribution is 2.38. The lowest BCUT2D eigenvalue weighted by Gasteiger charge is -2.09. The Morgan fingerprint density at radius 2 is 2.11 bits per heavy atom. The maximum atomic E-state index is 11.2. The van der Waals surface area contributed by atoms with Crippen LogP contribution >= 0.6 is 23.2 Å². The van der Waals surface area contributed by atoms with E-state index in [9.17, 15) is 4.79 Å². The molecule has 0 unspecified atom stereocenters. The molecule has 94 valence electrons. The predicted molar refractivity (Wildman–Crippen MR) is 66.9 cm³/mol. The van der Waals surface area contributed by atoms with E-state index in [1.54, 1.807) is 6.07 Å². The topological polar surface area (TPSA) is 93.9 Å². The van der Waals surface area contributed by atoms with Gasteiger partial charge in [-0.25, -0.2) is 0 Å². The molecule has 0 radical (unpaired) electrons. The molecule has 18 heavy (non-hydrogen) atoms. The maximum absolute atomic E-state index is 11.2. The summed E-state index contributed by atoms with van der Waals surface area (Å²) in [5, 5.41) is 10.6. The summed E-state index contributed by atoms with van der Waals surface area (Å²) in [6.45, 7) is 0. The normalized spacial score (nSPS) is 10.4. The van der Waals surface area contributed by atoms with Gasteiger partial charge in [-0.1, -0.05) is 23.2 Å². The zero-order valence-electron chi connectivity index (χ0n) is 9.20. The molecule has 0 aliphatic heterocycles. The zero-order chi connectivity index (χ0) is 13.3. The number of ether oxygens (including phenoxy) is 1. The van der Waals surface area contributed by atoms with Gasteiger partial charge in [0.2, 0.25) is 0 Å². The van der Waals surface area contributed by atoms with Gasteiger partial charge in [0.15, 0.2) is 5.69 Å². The Morgan fingerprint density at radius 1 is 1.39 bits per heavy atom. The number of H-pyrrole nitrogens is 1. The second kappa shape index (κ2) is 4.83. The second-order valence-corrected chi connectivity index (χ2v) is 4.19. The van der Waals surface area contributed by atoms with Crippen LogP contribution in [0.5, 0.6) is 5.75 Å². The number of rotatable bonds is 3. The maximum Gasteiger partial charge on any atom is 0.271 e. The first-order valence-electron chi connectivity index (χ1n) is 4.78. The SMILES string of the molecule is COc1cc(Cl)cc(Cl)c1-c1n[nH]nc1C(N)=O. The number of carbonyl (C=O) groups is 1. The van der Waals surface area contributed by atoms with E-state index in [0.717, 1.165) is 0 Å². The summed E-state index contributed by atoms with van der Waals surface area (Å²) < 4.78 is 5.16. The molecule has 0 saturated heterocycles. The van der Waals surface area contributed by atoms with Crippen LogP contribution in [0.3, 0.4) is 0 Å². The van der Waals surface area contributed by atoms with Crippen molar-refractivity contribution in [3.63, 3.8) is 0 Å². The highest BCUT2D eigenvalue weighted by Gasteiger charge is 2.21. The van der Waals surface area contributed by atoms with Crippen LogP contribution in [0.4, 0.5) is 0 Å². The lowest BCUT2D eigenvalue weighted by atomic mass is 10.1.